The molecule has 2 N–H and O–H groups in total. The second-order valence-electron chi connectivity index (χ2n) is 6.61. The first kappa shape index (κ1) is 21.3. The molecule has 0 aliphatic rings. The van der Waals surface area contributed by atoms with Gasteiger partial charge in [0.25, 0.3) is 0 Å². The van der Waals surface area contributed by atoms with Crippen LogP contribution in [0.3, 0.4) is 0 Å². The van der Waals surface area contributed by atoms with Gasteiger partial charge in [0.1, 0.15) is 5.56 Å². The van der Waals surface area contributed by atoms with E-state index >= 15 is 0 Å². The Hall–Kier alpha value is -1.75. The van der Waals surface area contributed by atoms with E-state index in [1.165, 1.54) is 38.5 Å². The lowest BCUT2D eigenvalue weighted by molar-refractivity contribution is -0.208. The zero-order valence-electron chi connectivity index (χ0n) is 16.0. The maximum atomic E-state index is 11.3. The quantitative estimate of drug-likeness (QED) is 0.296. The molecule has 0 amide bonds. The molecular weight excluding hydrogens is 320 g/mol. The highest BCUT2D eigenvalue weighted by Crippen LogP contribution is 2.38. The molecule has 0 aliphatic heterocycles. The number of unbranched alkanes of at least 4 members (excludes halogenated alkanes) is 7. The minimum Gasteiger partial charge on any atom is -0.504 e. The maximum absolute atomic E-state index is 11.3. The summed E-state index contributed by atoms with van der Waals surface area (Å²) in [5, 5.41) is 19.5. The largest absolute Gasteiger partial charge is 0.504 e. The van der Waals surface area contributed by atoms with Crippen LogP contribution in [0.25, 0.3) is 0 Å². The van der Waals surface area contributed by atoms with E-state index in [-0.39, 0.29) is 17.1 Å². The molecule has 0 spiro atoms. The number of hydrogen-bond acceptors (Lipinski definition) is 4. The molecule has 1 rings (SSSR count). The number of carboxylic acids is 1. The Morgan fingerprint density at radius 3 is 2.00 bits per heavy atom. The number of carbonyl (C=O) groups is 1. The van der Waals surface area contributed by atoms with E-state index in [0.717, 1.165) is 18.4 Å². The third-order valence-corrected chi connectivity index (χ3v) is 4.73. The minimum absolute atomic E-state index is 0.0973. The molecule has 0 aromatic heterocycles. The smallest absolute Gasteiger partial charge is 0.339 e. The maximum Gasteiger partial charge on any atom is 0.339 e. The molecule has 1 aromatic carbocycles. The standard InChI is InChI=1S/C20H32O5/c1-5-6-7-8-9-10-11-12-13-24-25-19-16(4)14(2)15(3)17(18(19)21)20(22)23/h21H,5-13H2,1-4H3,(H,22,23). The van der Waals surface area contributed by atoms with Crippen LogP contribution in [0.4, 0.5) is 0 Å². The Kier molecular flexibility index (Phi) is 9.35. The zero-order chi connectivity index (χ0) is 18.8. The van der Waals surface area contributed by atoms with Crippen molar-refractivity contribution in [1.82, 2.24) is 0 Å². The highest BCUT2D eigenvalue weighted by molar-refractivity contribution is 5.94. The molecule has 142 valence electrons. The fraction of sp³-hybridized carbons (Fsp3) is 0.650. The van der Waals surface area contributed by atoms with Crippen molar-refractivity contribution < 1.29 is 24.8 Å². The first-order chi connectivity index (χ1) is 11.9. The van der Waals surface area contributed by atoms with Gasteiger partial charge in [0.2, 0.25) is 5.75 Å². The third kappa shape index (κ3) is 6.24. The number of benzene rings is 1. The summed E-state index contributed by atoms with van der Waals surface area (Å²) in [5.41, 5.74) is 1.88. The second-order valence-corrected chi connectivity index (χ2v) is 6.61. The Bertz CT molecular complexity index is 566. The van der Waals surface area contributed by atoms with Crippen LogP contribution in [0.2, 0.25) is 0 Å². The lowest BCUT2D eigenvalue weighted by Gasteiger charge is -2.16. The molecule has 0 saturated carbocycles. The highest BCUT2D eigenvalue weighted by atomic mass is 17.2. The Labute approximate surface area is 150 Å². The van der Waals surface area contributed by atoms with Crippen LogP contribution in [0.1, 0.15) is 85.3 Å². The number of aromatic hydroxyl groups is 1. The van der Waals surface area contributed by atoms with Crippen molar-refractivity contribution >= 4 is 5.97 Å². The fourth-order valence-electron chi connectivity index (χ4n) is 2.87. The van der Waals surface area contributed by atoms with Crippen molar-refractivity contribution in [1.29, 1.82) is 0 Å². The Morgan fingerprint density at radius 1 is 0.880 bits per heavy atom. The molecule has 0 unspecified atom stereocenters. The minimum atomic E-state index is -1.17. The van der Waals surface area contributed by atoms with Gasteiger partial charge in [-0.15, -0.1) is 0 Å². The van der Waals surface area contributed by atoms with Gasteiger partial charge in [-0.2, -0.15) is 4.89 Å². The van der Waals surface area contributed by atoms with Crippen molar-refractivity contribution in [3.8, 4) is 11.5 Å². The van der Waals surface area contributed by atoms with Crippen molar-refractivity contribution in [2.75, 3.05) is 6.61 Å². The van der Waals surface area contributed by atoms with Crippen molar-refractivity contribution in [2.24, 2.45) is 0 Å². The first-order valence-corrected chi connectivity index (χ1v) is 9.27. The van der Waals surface area contributed by atoms with Crippen LogP contribution in [0.5, 0.6) is 11.5 Å². The molecule has 0 atom stereocenters. The van der Waals surface area contributed by atoms with E-state index in [2.05, 4.69) is 6.92 Å². The number of aromatic carboxylic acids is 1. The second kappa shape index (κ2) is 11.0. The Balaban J connectivity index is 2.44. The first-order valence-electron chi connectivity index (χ1n) is 9.27. The lowest BCUT2D eigenvalue weighted by atomic mass is 9.96. The van der Waals surface area contributed by atoms with Gasteiger partial charge in [-0.05, 0) is 38.3 Å². The summed E-state index contributed by atoms with van der Waals surface area (Å²) < 4.78 is 0. The van der Waals surface area contributed by atoms with Crippen LogP contribution in [0, 0.1) is 20.8 Å². The van der Waals surface area contributed by atoms with Gasteiger partial charge in [-0.1, -0.05) is 51.9 Å². The van der Waals surface area contributed by atoms with Crippen molar-refractivity contribution in [2.45, 2.75) is 79.1 Å². The fourth-order valence-corrected chi connectivity index (χ4v) is 2.87. The average Bonchev–Trinajstić information content (AvgIpc) is 2.57. The van der Waals surface area contributed by atoms with Gasteiger partial charge >= 0.3 is 5.97 Å². The van der Waals surface area contributed by atoms with E-state index in [1.807, 2.05) is 6.92 Å². The van der Waals surface area contributed by atoms with Gasteiger partial charge in [0, 0.05) is 5.56 Å². The summed E-state index contributed by atoms with van der Waals surface area (Å²) in [6.45, 7) is 7.90. The molecule has 5 nitrogen and oxygen atoms in total. The van der Waals surface area contributed by atoms with Crippen LogP contribution >= 0.6 is 0 Å². The summed E-state index contributed by atoms with van der Waals surface area (Å²) in [7, 11) is 0. The molecule has 1 aromatic rings. The zero-order valence-corrected chi connectivity index (χ0v) is 16.0. The number of hydrogen-bond donors (Lipinski definition) is 2. The van der Waals surface area contributed by atoms with E-state index in [0.29, 0.717) is 17.7 Å². The molecule has 0 aliphatic carbocycles. The number of phenols is 1. The normalized spacial score (nSPS) is 10.9. The monoisotopic (exact) mass is 352 g/mol. The van der Waals surface area contributed by atoms with E-state index in [4.69, 9.17) is 9.78 Å². The van der Waals surface area contributed by atoms with Gasteiger partial charge in [-0.25, -0.2) is 4.79 Å². The highest BCUT2D eigenvalue weighted by Gasteiger charge is 2.23. The Morgan fingerprint density at radius 2 is 1.44 bits per heavy atom. The SMILES string of the molecule is CCCCCCCCCCOOc1c(C)c(C)c(C)c(C(=O)O)c1O. The molecule has 25 heavy (non-hydrogen) atoms. The van der Waals surface area contributed by atoms with E-state index in [9.17, 15) is 15.0 Å². The van der Waals surface area contributed by atoms with E-state index < -0.39 is 5.97 Å². The molecule has 0 radical (unpaired) electrons. The summed E-state index contributed by atoms with van der Waals surface area (Å²) in [6, 6.07) is 0. The number of carboxylic acid groups (broad SMARTS) is 1. The molecule has 0 bridgehead atoms. The van der Waals surface area contributed by atoms with Crippen LogP contribution in [0.15, 0.2) is 0 Å². The van der Waals surface area contributed by atoms with Crippen molar-refractivity contribution in [3.63, 3.8) is 0 Å². The van der Waals surface area contributed by atoms with Crippen LogP contribution in [-0.4, -0.2) is 22.8 Å². The number of rotatable bonds is 12. The molecule has 0 saturated heterocycles. The summed E-state index contributed by atoms with van der Waals surface area (Å²) in [5.74, 6) is -1.45. The lowest BCUT2D eigenvalue weighted by Crippen LogP contribution is -2.08. The predicted octanol–water partition coefficient (Wildman–Crippen LogP) is 5.47. The third-order valence-electron chi connectivity index (χ3n) is 4.73. The molecular formula is C20H32O5. The molecule has 0 heterocycles. The van der Waals surface area contributed by atoms with Gasteiger partial charge < -0.3 is 15.1 Å². The topological polar surface area (TPSA) is 76.0 Å². The predicted molar refractivity (Wildman–Crippen MR) is 98.5 cm³/mol. The summed E-state index contributed by atoms with van der Waals surface area (Å²) in [6.07, 6.45) is 9.57. The van der Waals surface area contributed by atoms with Gasteiger partial charge in [-0.3, -0.25) is 0 Å². The van der Waals surface area contributed by atoms with Gasteiger partial charge in [0.05, 0.1) is 6.61 Å². The average molecular weight is 352 g/mol. The molecule has 0 fully saturated rings. The van der Waals surface area contributed by atoms with Crippen LogP contribution < -0.4 is 4.89 Å². The molecule has 5 heteroatoms. The van der Waals surface area contributed by atoms with Crippen LogP contribution in [-0.2, 0) is 4.89 Å². The van der Waals surface area contributed by atoms with E-state index in [1.54, 1.807) is 13.8 Å². The van der Waals surface area contributed by atoms with Crippen molar-refractivity contribution in [3.05, 3.63) is 22.3 Å². The summed E-state index contributed by atoms with van der Waals surface area (Å²) in [4.78, 5) is 21.8. The summed E-state index contributed by atoms with van der Waals surface area (Å²) >= 11 is 0. The van der Waals surface area contributed by atoms with Gasteiger partial charge in [0.15, 0.2) is 5.75 Å².